The smallest absolute Gasteiger partial charge is 0.0237 e. The van der Waals surface area contributed by atoms with Crippen LogP contribution in [0.2, 0.25) is 0 Å². The second-order valence-electron chi connectivity index (χ2n) is 2.63. The number of allylic oxidation sites excluding steroid dienone is 7. The quantitative estimate of drug-likeness (QED) is 0.547. The van der Waals surface area contributed by atoms with Gasteiger partial charge < -0.3 is 0 Å². The molecule has 0 fully saturated rings. The van der Waals surface area contributed by atoms with E-state index in [9.17, 15) is 0 Å². The Kier molecular flexibility index (Phi) is 6.08. The first kappa shape index (κ1) is 11.0. The summed E-state index contributed by atoms with van der Waals surface area (Å²) < 4.78 is 0. The monoisotopic (exact) mass is 162 g/mol. The molecule has 0 aliphatic heterocycles. The molecule has 0 aromatic carbocycles. The Morgan fingerprint density at radius 2 is 2.08 bits per heavy atom. The minimum atomic E-state index is 1.08. The van der Waals surface area contributed by atoms with E-state index in [1.54, 1.807) is 0 Å². The largest absolute Gasteiger partial charge is 0.0985 e. The van der Waals surface area contributed by atoms with E-state index in [4.69, 9.17) is 0 Å². The summed E-state index contributed by atoms with van der Waals surface area (Å²) in [5.74, 6) is 0. The summed E-state index contributed by atoms with van der Waals surface area (Å²) in [5.41, 5.74) is 2.47. The lowest BCUT2D eigenvalue weighted by atomic mass is 10.1. The number of hydrogen-bond acceptors (Lipinski definition) is 0. The van der Waals surface area contributed by atoms with Crippen LogP contribution in [0.1, 0.15) is 27.2 Å². The zero-order valence-electron chi connectivity index (χ0n) is 8.30. The molecular weight excluding hydrogens is 144 g/mol. The van der Waals surface area contributed by atoms with Crippen molar-refractivity contribution in [2.45, 2.75) is 27.2 Å². The van der Waals surface area contributed by atoms with Gasteiger partial charge in [0.25, 0.3) is 0 Å². The maximum Gasteiger partial charge on any atom is -0.0237 e. The summed E-state index contributed by atoms with van der Waals surface area (Å²) in [6.45, 7) is 10.0. The molecule has 12 heavy (non-hydrogen) atoms. The van der Waals surface area contributed by atoms with Gasteiger partial charge in [-0.1, -0.05) is 43.9 Å². The van der Waals surface area contributed by atoms with Crippen LogP contribution in [-0.2, 0) is 0 Å². The fraction of sp³-hybridized carbons (Fsp3) is 0.333. The van der Waals surface area contributed by atoms with E-state index in [1.165, 1.54) is 11.1 Å². The number of hydrogen-bond donors (Lipinski definition) is 0. The lowest BCUT2D eigenvalue weighted by Gasteiger charge is -1.98. The van der Waals surface area contributed by atoms with Gasteiger partial charge in [-0.25, -0.2) is 0 Å². The third-order valence-corrected chi connectivity index (χ3v) is 1.76. The highest BCUT2D eigenvalue weighted by Crippen LogP contribution is 2.09. The van der Waals surface area contributed by atoms with Gasteiger partial charge in [-0.3, -0.25) is 0 Å². The molecule has 0 saturated carbocycles. The molecule has 0 atom stereocenters. The third kappa shape index (κ3) is 3.97. The Labute approximate surface area is 76.0 Å². The zero-order valence-corrected chi connectivity index (χ0v) is 8.30. The average molecular weight is 162 g/mol. The molecule has 0 amide bonds. The van der Waals surface area contributed by atoms with Crippen LogP contribution in [0.15, 0.2) is 48.1 Å². The Balaban J connectivity index is 4.44. The second kappa shape index (κ2) is 6.66. The van der Waals surface area contributed by atoms with E-state index in [1.807, 2.05) is 13.0 Å². The third-order valence-electron chi connectivity index (χ3n) is 1.76. The van der Waals surface area contributed by atoms with Gasteiger partial charge in [0.1, 0.15) is 0 Å². The molecule has 66 valence electrons. The first-order valence-electron chi connectivity index (χ1n) is 4.38. The highest BCUT2D eigenvalue weighted by Gasteiger charge is 1.89. The highest BCUT2D eigenvalue weighted by molar-refractivity contribution is 5.39. The van der Waals surface area contributed by atoms with Gasteiger partial charge in [0.15, 0.2) is 0 Å². The van der Waals surface area contributed by atoms with Gasteiger partial charge >= 0.3 is 0 Å². The van der Waals surface area contributed by atoms with Gasteiger partial charge in [0, 0.05) is 0 Å². The first-order chi connectivity index (χ1) is 5.76. The highest BCUT2D eigenvalue weighted by atomic mass is 13.9. The van der Waals surface area contributed by atoms with Crippen LogP contribution in [0.5, 0.6) is 0 Å². The summed E-state index contributed by atoms with van der Waals surface area (Å²) in [6.07, 6.45) is 11.3. The summed E-state index contributed by atoms with van der Waals surface area (Å²) in [5, 5.41) is 0. The predicted octanol–water partition coefficient (Wildman–Crippen LogP) is 4.03. The predicted molar refractivity (Wildman–Crippen MR) is 57.1 cm³/mol. The van der Waals surface area contributed by atoms with E-state index in [0.29, 0.717) is 0 Å². The van der Waals surface area contributed by atoms with Crippen LogP contribution in [0, 0.1) is 0 Å². The Morgan fingerprint density at radius 1 is 1.42 bits per heavy atom. The van der Waals surface area contributed by atoms with E-state index in [0.717, 1.165) is 6.42 Å². The lowest BCUT2D eigenvalue weighted by molar-refractivity contribution is 1.22. The van der Waals surface area contributed by atoms with Crippen molar-refractivity contribution in [1.29, 1.82) is 0 Å². The van der Waals surface area contributed by atoms with Crippen molar-refractivity contribution in [1.82, 2.24) is 0 Å². The lowest BCUT2D eigenvalue weighted by Crippen LogP contribution is -1.78. The summed E-state index contributed by atoms with van der Waals surface area (Å²) >= 11 is 0. The standard InChI is InChI=1S/C12H18/c1-5-8-9-10-12(7-3)11(4)6-2/h6-10H,3,5H2,1-2,4H3/b9-8-,11-6+,12-10+. The molecule has 0 saturated heterocycles. The molecule has 0 nitrogen and oxygen atoms in total. The molecule has 0 aromatic heterocycles. The normalized spacial score (nSPS) is 13.9. The molecule has 0 unspecified atom stereocenters. The van der Waals surface area contributed by atoms with Crippen molar-refractivity contribution < 1.29 is 0 Å². The molecule has 0 rings (SSSR count). The van der Waals surface area contributed by atoms with Crippen molar-refractivity contribution in [2.24, 2.45) is 0 Å². The first-order valence-corrected chi connectivity index (χ1v) is 4.38. The molecule has 0 aliphatic carbocycles. The SMILES string of the molecule is C=CC(=C\C=C/CC)/C(C)=C/C. The topological polar surface area (TPSA) is 0 Å². The van der Waals surface area contributed by atoms with Crippen LogP contribution >= 0.6 is 0 Å². The fourth-order valence-corrected chi connectivity index (χ4v) is 0.835. The minimum absolute atomic E-state index is 1.08. The van der Waals surface area contributed by atoms with Crippen LogP contribution in [0.3, 0.4) is 0 Å². The van der Waals surface area contributed by atoms with Crippen molar-refractivity contribution in [3.63, 3.8) is 0 Å². The van der Waals surface area contributed by atoms with E-state index in [2.05, 4.69) is 44.7 Å². The zero-order chi connectivity index (χ0) is 9.40. The average Bonchev–Trinajstić information content (AvgIpc) is 2.11. The van der Waals surface area contributed by atoms with Crippen molar-refractivity contribution in [3.8, 4) is 0 Å². The summed E-state index contributed by atoms with van der Waals surface area (Å²) in [6, 6.07) is 0. The number of rotatable bonds is 4. The molecule has 0 spiro atoms. The molecule has 0 aliphatic rings. The van der Waals surface area contributed by atoms with E-state index >= 15 is 0 Å². The van der Waals surface area contributed by atoms with E-state index in [-0.39, 0.29) is 0 Å². The van der Waals surface area contributed by atoms with Crippen LogP contribution in [0.4, 0.5) is 0 Å². The maximum atomic E-state index is 3.77. The molecule has 0 heteroatoms. The van der Waals surface area contributed by atoms with Gasteiger partial charge in [-0.05, 0) is 31.4 Å². The molecular formula is C12H18. The van der Waals surface area contributed by atoms with Crippen LogP contribution < -0.4 is 0 Å². The Morgan fingerprint density at radius 3 is 2.50 bits per heavy atom. The minimum Gasteiger partial charge on any atom is -0.0985 e. The van der Waals surface area contributed by atoms with Crippen molar-refractivity contribution in [3.05, 3.63) is 48.1 Å². The van der Waals surface area contributed by atoms with Gasteiger partial charge in [-0.2, -0.15) is 0 Å². The summed E-state index contributed by atoms with van der Waals surface area (Å²) in [7, 11) is 0. The van der Waals surface area contributed by atoms with Crippen LogP contribution in [0.25, 0.3) is 0 Å². The van der Waals surface area contributed by atoms with Crippen molar-refractivity contribution >= 4 is 0 Å². The second-order valence-corrected chi connectivity index (χ2v) is 2.63. The molecule has 0 N–H and O–H groups in total. The maximum absolute atomic E-state index is 3.77. The van der Waals surface area contributed by atoms with E-state index < -0.39 is 0 Å². The van der Waals surface area contributed by atoms with Gasteiger partial charge in [0.2, 0.25) is 0 Å². The summed E-state index contributed by atoms with van der Waals surface area (Å²) in [4.78, 5) is 0. The molecule has 0 radical (unpaired) electrons. The fourth-order valence-electron chi connectivity index (χ4n) is 0.835. The molecule has 0 heterocycles. The molecule has 0 aromatic rings. The van der Waals surface area contributed by atoms with Gasteiger partial charge in [0.05, 0.1) is 0 Å². The Bertz CT molecular complexity index is 214. The molecule has 0 bridgehead atoms. The van der Waals surface area contributed by atoms with Crippen LogP contribution in [-0.4, -0.2) is 0 Å². The Hall–Kier alpha value is -1.04. The van der Waals surface area contributed by atoms with Gasteiger partial charge in [-0.15, -0.1) is 0 Å². The van der Waals surface area contributed by atoms with Crippen molar-refractivity contribution in [2.75, 3.05) is 0 Å².